The summed E-state index contributed by atoms with van der Waals surface area (Å²) in [6, 6.07) is 9.32. The number of amides is 1. The molecular formula is C16H17N3O2. The highest BCUT2D eigenvalue weighted by molar-refractivity contribution is 5.94. The minimum Gasteiger partial charge on any atom is -0.387 e. The van der Waals surface area contributed by atoms with E-state index in [1.807, 2.05) is 30.3 Å². The maximum absolute atomic E-state index is 12.2. The lowest BCUT2D eigenvalue weighted by Crippen LogP contribution is -2.29. The van der Waals surface area contributed by atoms with Crippen molar-refractivity contribution in [3.63, 3.8) is 0 Å². The molecule has 1 aromatic carbocycles. The molecule has 1 heterocycles. The van der Waals surface area contributed by atoms with Crippen LogP contribution in [0, 0.1) is 5.92 Å². The number of aliphatic hydroxyl groups is 1. The van der Waals surface area contributed by atoms with Crippen molar-refractivity contribution in [2.45, 2.75) is 24.9 Å². The van der Waals surface area contributed by atoms with Crippen LogP contribution in [-0.2, 0) is 6.42 Å². The molecule has 5 heteroatoms. The minimum absolute atomic E-state index is 0.192. The Hall–Kier alpha value is -2.14. The average Bonchev–Trinajstić information content (AvgIpc) is 3.00. The first-order chi connectivity index (χ1) is 10.2. The van der Waals surface area contributed by atoms with Crippen LogP contribution < -0.4 is 5.32 Å². The second-order valence-corrected chi connectivity index (χ2v) is 5.91. The minimum atomic E-state index is -0.699. The van der Waals surface area contributed by atoms with Gasteiger partial charge < -0.3 is 10.4 Å². The van der Waals surface area contributed by atoms with Crippen LogP contribution in [-0.4, -0.2) is 27.8 Å². The number of hydrogen-bond donors (Lipinski definition) is 3. The predicted octanol–water partition coefficient (Wildman–Crippen LogP) is 1.53. The number of benzene rings is 1. The summed E-state index contributed by atoms with van der Waals surface area (Å²) in [4.78, 5) is 12.2. The Bertz CT molecular complexity index is 680. The lowest BCUT2D eigenvalue weighted by Gasteiger charge is -2.11. The largest absolute Gasteiger partial charge is 0.387 e. The van der Waals surface area contributed by atoms with Crippen LogP contribution in [0.1, 0.15) is 45.8 Å². The number of carbonyl (C=O) groups is 1. The van der Waals surface area contributed by atoms with E-state index in [0.717, 1.165) is 29.2 Å². The number of nitrogens with one attached hydrogen (secondary N) is 2. The highest BCUT2D eigenvalue weighted by Crippen LogP contribution is 2.55. The molecule has 108 valence electrons. The third-order valence-electron chi connectivity index (χ3n) is 4.51. The molecule has 1 amide bonds. The predicted molar refractivity (Wildman–Crippen MR) is 76.9 cm³/mol. The summed E-state index contributed by atoms with van der Waals surface area (Å²) in [6.45, 7) is 0.192. The SMILES string of the molecule is O=C(NCC(O)c1ccccc1)c1n[nH]c2c1CC1CC21. The topological polar surface area (TPSA) is 78.0 Å². The molecule has 21 heavy (non-hydrogen) atoms. The van der Waals surface area contributed by atoms with E-state index in [9.17, 15) is 9.90 Å². The molecule has 0 saturated heterocycles. The molecule has 1 saturated carbocycles. The molecule has 3 N–H and O–H groups in total. The highest BCUT2D eigenvalue weighted by Gasteiger charge is 2.48. The van der Waals surface area contributed by atoms with Crippen molar-refractivity contribution in [1.82, 2.24) is 15.5 Å². The fraction of sp³-hybridized carbons (Fsp3) is 0.375. The molecule has 1 fully saturated rings. The molecule has 3 unspecified atom stereocenters. The maximum atomic E-state index is 12.2. The standard InChI is InChI=1S/C16H17N3O2/c20-13(9-4-2-1-3-5-9)8-17-16(21)15-12-7-10-6-11(10)14(12)18-19-15/h1-5,10-11,13,20H,6-8H2,(H,17,21)(H,18,19). The fourth-order valence-electron chi connectivity index (χ4n) is 3.23. The third kappa shape index (κ3) is 2.14. The summed E-state index contributed by atoms with van der Waals surface area (Å²) >= 11 is 0. The summed E-state index contributed by atoms with van der Waals surface area (Å²) in [5.74, 6) is 1.11. The molecule has 5 nitrogen and oxygen atoms in total. The molecule has 0 radical (unpaired) electrons. The Labute approximate surface area is 122 Å². The number of aromatic amines is 1. The highest BCUT2D eigenvalue weighted by atomic mass is 16.3. The molecule has 0 bridgehead atoms. The van der Waals surface area contributed by atoms with Crippen molar-refractivity contribution in [1.29, 1.82) is 0 Å². The number of hydrogen-bond acceptors (Lipinski definition) is 3. The Kier molecular flexibility index (Phi) is 2.82. The van der Waals surface area contributed by atoms with Crippen molar-refractivity contribution in [2.75, 3.05) is 6.54 Å². The molecule has 1 aromatic heterocycles. The van der Waals surface area contributed by atoms with Crippen LogP contribution in [0.2, 0.25) is 0 Å². The molecular weight excluding hydrogens is 266 g/mol. The van der Waals surface area contributed by atoms with E-state index < -0.39 is 6.10 Å². The van der Waals surface area contributed by atoms with Gasteiger partial charge in [-0.3, -0.25) is 9.89 Å². The van der Waals surface area contributed by atoms with Crippen LogP contribution >= 0.6 is 0 Å². The van der Waals surface area contributed by atoms with Gasteiger partial charge in [-0.05, 0) is 24.3 Å². The van der Waals surface area contributed by atoms with Gasteiger partial charge in [0.15, 0.2) is 5.69 Å². The number of H-pyrrole nitrogens is 1. The van der Waals surface area contributed by atoms with Gasteiger partial charge in [0.25, 0.3) is 5.91 Å². The van der Waals surface area contributed by atoms with Gasteiger partial charge in [0.05, 0.1) is 6.10 Å². The maximum Gasteiger partial charge on any atom is 0.272 e. The van der Waals surface area contributed by atoms with Gasteiger partial charge in [-0.1, -0.05) is 30.3 Å². The quantitative estimate of drug-likeness (QED) is 0.796. The van der Waals surface area contributed by atoms with Crippen LogP contribution in [0.4, 0.5) is 0 Å². The molecule has 3 atom stereocenters. The van der Waals surface area contributed by atoms with Gasteiger partial charge in [0.1, 0.15) is 0 Å². The van der Waals surface area contributed by atoms with Gasteiger partial charge in [-0.25, -0.2) is 0 Å². The normalized spacial score (nSPS) is 23.3. The summed E-state index contributed by atoms with van der Waals surface area (Å²) in [5, 5.41) is 20.0. The Balaban J connectivity index is 1.42. The Morgan fingerprint density at radius 3 is 3.05 bits per heavy atom. The third-order valence-corrected chi connectivity index (χ3v) is 4.51. The van der Waals surface area contributed by atoms with Crippen molar-refractivity contribution in [3.8, 4) is 0 Å². The zero-order chi connectivity index (χ0) is 14.4. The van der Waals surface area contributed by atoms with E-state index in [1.54, 1.807) is 0 Å². The first kappa shape index (κ1) is 12.6. The number of rotatable bonds is 4. The molecule has 0 aliphatic heterocycles. The zero-order valence-corrected chi connectivity index (χ0v) is 11.5. The number of nitrogens with zero attached hydrogens (tertiary/aromatic N) is 1. The molecule has 4 rings (SSSR count). The van der Waals surface area contributed by atoms with E-state index >= 15 is 0 Å². The van der Waals surface area contributed by atoms with Crippen molar-refractivity contribution in [2.24, 2.45) is 5.92 Å². The van der Waals surface area contributed by atoms with Crippen LogP contribution in [0.25, 0.3) is 0 Å². The smallest absolute Gasteiger partial charge is 0.272 e. The second-order valence-electron chi connectivity index (χ2n) is 5.91. The summed E-state index contributed by atoms with van der Waals surface area (Å²) in [5.41, 5.74) is 3.51. The van der Waals surface area contributed by atoms with Gasteiger partial charge >= 0.3 is 0 Å². The van der Waals surface area contributed by atoms with Crippen molar-refractivity contribution in [3.05, 3.63) is 52.8 Å². The lowest BCUT2D eigenvalue weighted by molar-refractivity contribution is 0.0910. The van der Waals surface area contributed by atoms with Gasteiger partial charge in [-0.2, -0.15) is 5.10 Å². The summed E-state index contributed by atoms with van der Waals surface area (Å²) in [7, 11) is 0. The van der Waals surface area contributed by atoms with Crippen LogP contribution in [0.3, 0.4) is 0 Å². The molecule has 0 spiro atoms. The van der Waals surface area contributed by atoms with Crippen LogP contribution in [0.15, 0.2) is 30.3 Å². The van der Waals surface area contributed by atoms with E-state index in [4.69, 9.17) is 0 Å². The van der Waals surface area contributed by atoms with Crippen molar-refractivity contribution >= 4 is 5.91 Å². The van der Waals surface area contributed by atoms with Gasteiger partial charge in [0, 0.05) is 23.7 Å². The molecule has 2 aliphatic carbocycles. The monoisotopic (exact) mass is 283 g/mol. The van der Waals surface area contributed by atoms with E-state index in [-0.39, 0.29) is 12.5 Å². The average molecular weight is 283 g/mol. The number of carbonyl (C=O) groups excluding carboxylic acids is 1. The van der Waals surface area contributed by atoms with E-state index in [2.05, 4.69) is 15.5 Å². The van der Waals surface area contributed by atoms with Gasteiger partial charge in [-0.15, -0.1) is 0 Å². The first-order valence-corrected chi connectivity index (χ1v) is 7.32. The summed E-state index contributed by atoms with van der Waals surface area (Å²) in [6.07, 6.45) is 1.49. The fourth-order valence-corrected chi connectivity index (χ4v) is 3.23. The first-order valence-electron chi connectivity index (χ1n) is 7.32. The van der Waals surface area contributed by atoms with E-state index in [1.165, 1.54) is 6.42 Å². The zero-order valence-electron chi connectivity index (χ0n) is 11.5. The number of aliphatic hydroxyl groups excluding tert-OH is 1. The van der Waals surface area contributed by atoms with Crippen molar-refractivity contribution < 1.29 is 9.90 Å². The molecule has 2 aliphatic rings. The van der Waals surface area contributed by atoms with Gasteiger partial charge in [0.2, 0.25) is 0 Å². The Morgan fingerprint density at radius 2 is 2.24 bits per heavy atom. The summed E-state index contributed by atoms with van der Waals surface area (Å²) < 4.78 is 0. The lowest BCUT2D eigenvalue weighted by atomic mass is 10.1. The number of aromatic nitrogens is 2. The van der Waals surface area contributed by atoms with E-state index in [0.29, 0.717) is 11.6 Å². The number of fused-ring (bicyclic) bond motifs is 3. The molecule has 2 aromatic rings. The Morgan fingerprint density at radius 1 is 1.43 bits per heavy atom. The second kappa shape index (κ2) is 4.70. The van der Waals surface area contributed by atoms with Crippen LogP contribution in [0.5, 0.6) is 0 Å².